The van der Waals surface area contributed by atoms with Gasteiger partial charge in [0, 0.05) is 50.9 Å². The van der Waals surface area contributed by atoms with E-state index in [4.69, 9.17) is 22.1 Å². The summed E-state index contributed by atoms with van der Waals surface area (Å²) in [6, 6.07) is 1.83. The second kappa shape index (κ2) is 10.7. The van der Waals surface area contributed by atoms with Crippen LogP contribution in [0.4, 0.5) is 17.6 Å². The summed E-state index contributed by atoms with van der Waals surface area (Å²) in [5, 5.41) is 0.560. The normalized spacial score (nSPS) is 19.4. The number of anilines is 3. The topological polar surface area (TPSA) is 89.5 Å². The number of nitrogens with two attached hydrogens (primary N) is 1. The molecule has 3 fully saturated rings. The Morgan fingerprint density at radius 2 is 1.82 bits per heavy atom. The predicted octanol–water partition coefficient (Wildman–Crippen LogP) is 4.20. The Balaban J connectivity index is 0.00000133. The van der Waals surface area contributed by atoms with Crippen LogP contribution in [0, 0.1) is 5.41 Å². The van der Waals surface area contributed by atoms with Gasteiger partial charge in [-0.05, 0) is 43.6 Å². The second-order valence-electron chi connectivity index (χ2n) is 9.02. The fourth-order valence-electron chi connectivity index (χ4n) is 4.94. The van der Waals surface area contributed by atoms with E-state index < -0.39 is 0 Å². The number of hydrogen-bond acceptors (Lipinski definition) is 8. The van der Waals surface area contributed by atoms with Crippen molar-refractivity contribution in [2.24, 2.45) is 12.5 Å². The van der Waals surface area contributed by atoms with Gasteiger partial charge in [-0.3, -0.25) is 9.36 Å². The lowest BCUT2D eigenvalue weighted by Crippen LogP contribution is -2.43. The van der Waals surface area contributed by atoms with Crippen molar-refractivity contribution in [1.82, 2.24) is 14.5 Å². The van der Waals surface area contributed by atoms with Crippen LogP contribution in [0.15, 0.2) is 26.8 Å². The van der Waals surface area contributed by atoms with Gasteiger partial charge in [0.15, 0.2) is 0 Å². The van der Waals surface area contributed by atoms with Gasteiger partial charge in [-0.25, -0.2) is 4.98 Å². The molecule has 3 saturated heterocycles. The van der Waals surface area contributed by atoms with Gasteiger partial charge in [-0.15, -0.1) is 0 Å². The molecule has 0 aromatic carbocycles. The molecule has 0 unspecified atom stereocenters. The highest BCUT2D eigenvalue weighted by Crippen LogP contribution is 2.41. The summed E-state index contributed by atoms with van der Waals surface area (Å²) in [5.74, 6) is 1.64. The van der Waals surface area contributed by atoms with E-state index in [1.54, 1.807) is 17.8 Å². The first-order chi connectivity index (χ1) is 16.5. The van der Waals surface area contributed by atoms with Crippen LogP contribution >= 0.6 is 23.4 Å². The molecular weight excluding hydrogens is 472 g/mol. The summed E-state index contributed by atoms with van der Waals surface area (Å²) < 4.78 is 7.24. The molecule has 10 heteroatoms. The zero-order valence-electron chi connectivity index (χ0n) is 20.3. The molecule has 3 aliphatic heterocycles. The van der Waals surface area contributed by atoms with Gasteiger partial charge in [0.2, 0.25) is 5.95 Å². The minimum absolute atomic E-state index is 0.155. The van der Waals surface area contributed by atoms with Crippen molar-refractivity contribution in [2.75, 3.05) is 54.9 Å². The molecule has 186 valence electrons. The van der Waals surface area contributed by atoms with E-state index in [1.165, 1.54) is 11.8 Å². The van der Waals surface area contributed by atoms with Crippen LogP contribution in [-0.2, 0) is 11.8 Å². The molecule has 0 saturated carbocycles. The average molecular weight is 507 g/mol. The first kappa shape index (κ1) is 25.1. The Labute approximate surface area is 210 Å². The summed E-state index contributed by atoms with van der Waals surface area (Å²) in [5.41, 5.74) is 6.45. The van der Waals surface area contributed by atoms with Crippen LogP contribution in [0.2, 0.25) is 5.02 Å². The van der Waals surface area contributed by atoms with E-state index in [1.807, 2.05) is 19.9 Å². The van der Waals surface area contributed by atoms with Crippen molar-refractivity contribution in [2.45, 2.75) is 55.7 Å². The van der Waals surface area contributed by atoms with Gasteiger partial charge in [0.1, 0.15) is 16.5 Å². The highest BCUT2D eigenvalue weighted by Gasteiger charge is 2.38. The largest absolute Gasteiger partial charge is 0.382 e. The van der Waals surface area contributed by atoms with Crippen molar-refractivity contribution in [3.8, 4) is 0 Å². The molecule has 0 bridgehead atoms. The number of halogens is 1. The maximum absolute atomic E-state index is 13.3. The van der Waals surface area contributed by atoms with Gasteiger partial charge in [-0.1, -0.05) is 37.2 Å². The van der Waals surface area contributed by atoms with Crippen molar-refractivity contribution in [3.63, 3.8) is 0 Å². The van der Waals surface area contributed by atoms with Crippen LogP contribution in [0.25, 0.3) is 0 Å². The first-order valence-corrected chi connectivity index (χ1v) is 13.4. The molecule has 0 amide bonds. The fraction of sp³-hybridized carbons (Fsp3) is 0.625. The van der Waals surface area contributed by atoms with Crippen LogP contribution in [0.3, 0.4) is 0 Å². The molecule has 1 spiro atoms. The molecule has 5 rings (SSSR count). The van der Waals surface area contributed by atoms with E-state index >= 15 is 0 Å². The summed E-state index contributed by atoms with van der Waals surface area (Å²) >= 11 is 7.95. The molecule has 0 atom stereocenters. The summed E-state index contributed by atoms with van der Waals surface area (Å²) in [6.45, 7) is 9.30. The quantitative estimate of drug-likeness (QED) is 0.660. The van der Waals surface area contributed by atoms with Gasteiger partial charge in [0.05, 0.1) is 11.6 Å². The van der Waals surface area contributed by atoms with E-state index in [2.05, 4.69) is 19.8 Å². The summed E-state index contributed by atoms with van der Waals surface area (Å²) in [4.78, 5) is 27.9. The zero-order chi connectivity index (χ0) is 24.3. The highest BCUT2D eigenvalue weighted by atomic mass is 35.5. The van der Waals surface area contributed by atoms with Crippen LogP contribution in [-0.4, -0.2) is 53.9 Å². The Hall–Kier alpha value is -1.97. The molecule has 2 aromatic heterocycles. The molecule has 8 nitrogen and oxygen atoms in total. The number of nitrogen functional groups attached to an aromatic ring is 1. The third kappa shape index (κ3) is 4.88. The second-order valence-corrected chi connectivity index (χ2v) is 10.5. The average Bonchev–Trinajstić information content (AvgIpc) is 3.55. The number of pyridine rings is 1. The van der Waals surface area contributed by atoms with Gasteiger partial charge in [-0.2, -0.15) is 4.98 Å². The predicted molar refractivity (Wildman–Crippen MR) is 139 cm³/mol. The lowest BCUT2D eigenvalue weighted by molar-refractivity contribution is 0.133. The lowest BCUT2D eigenvalue weighted by Gasteiger charge is -2.39. The zero-order valence-corrected chi connectivity index (χ0v) is 21.9. The van der Waals surface area contributed by atoms with Crippen molar-refractivity contribution < 1.29 is 4.74 Å². The molecule has 2 aromatic rings. The third-order valence-corrected chi connectivity index (χ3v) is 8.63. The third-order valence-electron chi connectivity index (χ3n) is 7.00. The Kier molecular flexibility index (Phi) is 7.94. The van der Waals surface area contributed by atoms with Crippen molar-refractivity contribution in [3.05, 3.63) is 27.6 Å². The lowest BCUT2D eigenvalue weighted by atomic mass is 9.78. The Morgan fingerprint density at radius 1 is 1.12 bits per heavy atom. The summed E-state index contributed by atoms with van der Waals surface area (Å²) in [6.07, 6.45) is 7.23. The van der Waals surface area contributed by atoms with Crippen molar-refractivity contribution >= 4 is 40.9 Å². The fourth-order valence-corrected chi connectivity index (χ4v) is 6.19. The SMILES string of the molecule is CC.Cn1c(N2CCC3(CCOC3)CC2)nc(N)c(Sc2ccnc(N3CCCC3)c2Cl)c1=O. The number of aromatic nitrogens is 3. The minimum Gasteiger partial charge on any atom is -0.382 e. The molecular formula is C24H35ClN6O2S. The van der Waals surface area contributed by atoms with Gasteiger partial charge >= 0.3 is 0 Å². The van der Waals surface area contributed by atoms with Crippen molar-refractivity contribution in [1.29, 1.82) is 0 Å². The number of piperidine rings is 1. The standard InChI is InChI=1S/C22H29ClN6O2S.C2H6/c1-27-20(30)17(32-15-4-8-25-19(16(15)23)28-9-2-3-10-28)18(24)26-21(27)29-11-5-22(6-12-29)7-13-31-14-22;1-2/h4,8H,2-3,5-7,9-14,24H2,1H3;1-2H3. The van der Waals surface area contributed by atoms with Crippen LogP contribution < -0.4 is 21.1 Å². The molecule has 2 N–H and O–H groups in total. The minimum atomic E-state index is -0.155. The van der Waals surface area contributed by atoms with E-state index in [0.717, 1.165) is 82.2 Å². The number of hydrogen-bond donors (Lipinski definition) is 1. The number of nitrogens with zero attached hydrogens (tertiary/aromatic N) is 5. The Bertz CT molecular complexity index is 1060. The summed E-state index contributed by atoms with van der Waals surface area (Å²) in [7, 11) is 1.76. The monoisotopic (exact) mass is 506 g/mol. The maximum Gasteiger partial charge on any atom is 0.270 e. The molecule has 0 aliphatic carbocycles. The molecule has 5 heterocycles. The molecule has 34 heavy (non-hydrogen) atoms. The Morgan fingerprint density at radius 3 is 2.47 bits per heavy atom. The van der Waals surface area contributed by atoms with Gasteiger partial charge < -0.3 is 20.3 Å². The first-order valence-electron chi connectivity index (χ1n) is 12.2. The highest BCUT2D eigenvalue weighted by molar-refractivity contribution is 7.99. The smallest absolute Gasteiger partial charge is 0.270 e. The molecule has 0 radical (unpaired) electrons. The van der Waals surface area contributed by atoms with Gasteiger partial charge in [0.25, 0.3) is 5.56 Å². The van der Waals surface area contributed by atoms with Crippen LogP contribution in [0.1, 0.15) is 46.0 Å². The van der Waals surface area contributed by atoms with E-state index in [9.17, 15) is 4.79 Å². The van der Waals surface area contributed by atoms with E-state index in [0.29, 0.717) is 21.3 Å². The van der Waals surface area contributed by atoms with E-state index in [-0.39, 0.29) is 11.4 Å². The van der Waals surface area contributed by atoms with Crippen LogP contribution in [0.5, 0.6) is 0 Å². The maximum atomic E-state index is 13.3. The molecule has 3 aliphatic rings. The number of rotatable bonds is 4. The number of ether oxygens (including phenoxy) is 1.